The van der Waals surface area contributed by atoms with Crippen molar-refractivity contribution in [3.05, 3.63) is 57.0 Å². The zero-order valence-electron chi connectivity index (χ0n) is 10.8. The highest BCUT2D eigenvalue weighted by molar-refractivity contribution is 9.10. The van der Waals surface area contributed by atoms with Gasteiger partial charge in [0.25, 0.3) is 0 Å². The van der Waals surface area contributed by atoms with E-state index in [1.807, 2.05) is 0 Å². The molecule has 1 atom stereocenters. The van der Waals surface area contributed by atoms with E-state index in [0.29, 0.717) is 4.47 Å². The Labute approximate surface area is 126 Å². The zero-order valence-corrected chi connectivity index (χ0v) is 12.3. The molecular formula is C13H10BrF2N2O3+. The largest absolute Gasteiger partial charge is 0.478 e. The number of hydrogen-bond acceptors (Lipinski definition) is 3. The van der Waals surface area contributed by atoms with Gasteiger partial charge in [0.15, 0.2) is 11.1 Å². The maximum absolute atomic E-state index is 13.7. The Bertz CT molecular complexity index is 697. The summed E-state index contributed by atoms with van der Waals surface area (Å²) in [6.07, 6.45) is 0.395. The molecule has 0 saturated carbocycles. The van der Waals surface area contributed by atoms with Crippen molar-refractivity contribution in [1.82, 2.24) is 4.98 Å². The van der Waals surface area contributed by atoms with Crippen molar-refractivity contribution in [2.75, 3.05) is 0 Å². The molecule has 0 amide bonds. The molecule has 2 rings (SSSR count). The number of ether oxygens (including phenoxy) is 1. The minimum Gasteiger partial charge on any atom is -0.478 e. The molecule has 5 nitrogen and oxygen atoms in total. The summed E-state index contributed by atoms with van der Waals surface area (Å²) in [6, 6.07) is 4.36. The van der Waals surface area contributed by atoms with E-state index in [-0.39, 0.29) is 17.1 Å². The number of hydrogen-bond donors (Lipinski definition) is 1. The van der Waals surface area contributed by atoms with Gasteiger partial charge in [-0.2, -0.15) is 0 Å². The molecule has 1 N–H and O–H groups in total. The Hall–Kier alpha value is -2.09. The van der Waals surface area contributed by atoms with Crippen LogP contribution in [0, 0.1) is 16.5 Å². The molecule has 21 heavy (non-hydrogen) atoms. The lowest BCUT2D eigenvalue weighted by Gasteiger charge is -2.15. The van der Waals surface area contributed by atoms with E-state index in [1.165, 1.54) is 19.2 Å². The first-order chi connectivity index (χ1) is 9.88. The molecule has 1 heterocycles. The van der Waals surface area contributed by atoms with Gasteiger partial charge in [0.05, 0.1) is 4.47 Å². The van der Waals surface area contributed by atoms with Crippen molar-refractivity contribution in [3.63, 3.8) is 0 Å². The summed E-state index contributed by atoms with van der Waals surface area (Å²) in [5.74, 6) is -1.71. The molecule has 1 aromatic heterocycles. The number of aromatic nitrogens is 1. The summed E-state index contributed by atoms with van der Waals surface area (Å²) in [5, 5.41) is 8.96. The van der Waals surface area contributed by atoms with Crippen LogP contribution in [0.15, 0.2) is 34.9 Å². The molecule has 0 aliphatic carbocycles. The summed E-state index contributed by atoms with van der Waals surface area (Å²) in [4.78, 5) is 14.2. The van der Waals surface area contributed by atoms with Crippen molar-refractivity contribution < 1.29 is 23.6 Å². The fourth-order valence-corrected chi connectivity index (χ4v) is 2.03. The van der Waals surface area contributed by atoms with Crippen LogP contribution in [0.5, 0.6) is 5.75 Å². The monoisotopic (exact) mass is 359 g/mol. The minimum atomic E-state index is -0.893. The van der Waals surface area contributed by atoms with Gasteiger partial charge in [0.1, 0.15) is 17.7 Å². The van der Waals surface area contributed by atoms with Gasteiger partial charge in [0, 0.05) is 11.6 Å². The first kappa shape index (κ1) is 15.3. The van der Waals surface area contributed by atoms with Crippen LogP contribution in [-0.4, -0.2) is 15.1 Å². The van der Waals surface area contributed by atoms with Crippen LogP contribution < -0.4 is 4.74 Å². The molecular weight excluding hydrogens is 350 g/mol. The second-order valence-electron chi connectivity index (χ2n) is 4.17. The molecule has 0 saturated heterocycles. The normalized spacial score (nSPS) is 12.0. The summed E-state index contributed by atoms with van der Waals surface area (Å²) in [6.45, 7) is 1.48. The van der Waals surface area contributed by atoms with E-state index in [2.05, 4.69) is 20.9 Å². The molecule has 0 spiro atoms. The molecule has 110 valence electrons. The topological polar surface area (TPSA) is 62.4 Å². The van der Waals surface area contributed by atoms with Crippen molar-refractivity contribution in [2.45, 2.75) is 13.0 Å². The number of benzene rings is 1. The summed E-state index contributed by atoms with van der Waals surface area (Å²) in [7, 11) is 0. The number of pyridine rings is 1. The fourth-order valence-electron chi connectivity index (χ4n) is 1.72. The van der Waals surface area contributed by atoms with E-state index in [1.54, 1.807) is 0 Å². The van der Waals surface area contributed by atoms with E-state index in [9.17, 15) is 13.7 Å². The molecule has 0 bridgehead atoms. The van der Waals surface area contributed by atoms with Crippen LogP contribution in [0.3, 0.4) is 0 Å². The fraction of sp³-hybridized carbons (Fsp3) is 0.154. The maximum atomic E-state index is 13.7. The lowest BCUT2D eigenvalue weighted by molar-refractivity contribution is -0.732. The van der Waals surface area contributed by atoms with Crippen LogP contribution in [0.1, 0.15) is 18.6 Å². The predicted octanol–water partition coefficient (Wildman–Crippen LogP) is 4.06. The van der Waals surface area contributed by atoms with Gasteiger partial charge < -0.3 is 9.94 Å². The first-order valence-corrected chi connectivity index (χ1v) is 6.61. The lowest BCUT2D eigenvalue weighted by Crippen LogP contribution is -2.08. The van der Waals surface area contributed by atoms with Crippen LogP contribution in [-0.2, 0) is 0 Å². The third-order valence-electron chi connectivity index (χ3n) is 2.68. The summed E-state index contributed by atoms with van der Waals surface area (Å²) >= 11 is 3.14. The molecule has 0 fully saturated rings. The van der Waals surface area contributed by atoms with Crippen molar-refractivity contribution in [1.29, 1.82) is 0 Å². The SMILES string of the molecule is C[C@@H](Oc1cc(Br)cnc1[N+](=O)O)c1cc(F)ccc1F. The molecule has 1 aromatic carbocycles. The Balaban J connectivity index is 2.35. The maximum Gasteiger partial charge on any atom is 0.450 e. The van der Waals surface area contributed by atoms with Gasteiger partial charge in [0.2, 0.25) is 5.75 Å². The quantitative estimate of drug-likeness (QED) is 0.836. The second-order valence-corrected chi connectivity index (χ2v) is 5.09. The standard InChI is InChI=1S/C13H10BrF2N2O3/c1-7(10-5-9(15)2-3-11(10)16)21-12-4-8(14)6-17-13(12)18(19)20/h2-7H,1H3,(H,19,20)/q+1/t7-/m1/s1. The lowest BCUT2D eigenvalue weighted by atomic mass is 10.1. The van der Waals surface area contributed by atoms with Crippen molar-refractivity contribution in [2.24, 2.45) is 0 Å². The van der Waals surface area contributed by atoms with Gasteiger partial charge >= 0.3 is 5.82 Å². The van der Waals surface area contributed by atoms with Crippen LogP contribution in [0.2, 0.25) is 0 Å². The van der Waals surface area contributed by atoms with E-state index in [4.69, 9.17) is 9.94 Å². The minimum absolute atomic E-state index is 0.0173. The van der Waals surface area contributed by atoms with Crippen LogP contribution in [0.4, 0.5) is 14.6 Å². The second kappa shape index (κ2) is 6.13. The highest BCUT2D eigenvalue weighted by atomic mass is 79.9. The molecule has 2 aromatic rings. The summed E-state index contributed by atoms with van der Waals surface area (Å²) < 4.78 is 32.7. The smallest absolute Gasteiger partial charge is 0.450 e. The third-order valence-corrected chi connectivity index (χ3v) is 3.11. The van der Waals surface area contributed by atoms with Crippen molar-refractivity contribution in [3.8, 4) is 5.75 Å². The predicted molar refractivity (Wildman–Crippen MR) is 72.4 cm³/mol. The Kier molecular flexibility index (Phi) is 4.46. The number of halogens is 3. The highest BCUT2D eigenvalue weighted by Gasteiger charge is 2.25. The van der Waals surface area contributed by atoms with Gasteiger partial charge in [-0.3, -0.25) is 0 Å². The van der Waals surface area contributed by atoms with E-state index >= 15 is 0 Å². The zero-order chi connectivity index (χ0) is 15.6. The van der Waals surface area contributed by atoms with Gasteiger partial charge in [-0.1, -0.05) is 0 Å². The number of nitrogens with zero attached hydrogens (tertiary/aromatic N) is 2. The first-order valence-electron chi connectivity index (χ1n) is 5.81. The van der Waals surface area contributed by atoms with Crippen LogP contribution >= 0.6 is 15.9 Å². The van der Waals surface area contributed by atoms with Crippen LogP contribution in [0.25, 0.3) is 0 Å². The Morgan fingerprint density at radius 1 is 1.38 bits per heavy atom. The van der Waals surface area contributed by atoms with E-state index < -0.39 is 22.7 Å². The number of rotatable bonds is 4. The third kappa shape index (κ3) is 3.52. The van der Waals surface area contributed by atoms with Crippen molar-refractivity contribution >= 4 is 21.7 Å². The van der Waals surface area contributed by atoms with Gasteiger partial charge in [-0.25, -0.2) is 8.78 Å². The molecule has 0 aliphatic heterocycles. The average Bonchev–Trinajstić information content (AvgIpc) is 2.41. The molecule has 0 unspecified atom stereocenters. The molecule has 0 aliphatic rings. The van der Waals surface area contributed by atoms with Gasteiger partial charge in [-0.05, 0) is 50.9 Å². The Morgan fingerprint density at radius 3 is 2.76 bits per heavy atom. The Morgan fingerprint density at radius 2 is 2.10 bits per heavy atom. The van der Waals surface area contributed by atoms with E-state index in [0.717, 1.165) is 18.2 Å². The molecule has 0 radical (unpaired) electrons. The molecule has 8 heteroatoms. The highest BCUT2D eigenvalue weighted by Crippen LogP contribution is 2.32. The summed E-state index contributed by atoms with van der Waals surface area (Å²) in [5.41, 5.74) is -0.0173. The van der Waals surface area contributed by atoms with Gasteiger partial charge in [-0.15, -0.1) is 0 Å². The average molecular weight is 360 g/mol.